The largest absolute Gasteiger partial charge is 0.418 e. The summed E-state index contributed by atoms with van der Waals surface area (Å²) in [5.41, 5.74) is 9.86. The number of nitrogen functional groups attached to an aromatic ring is 1. The second-order valence-electron chi connectivity index (χ2n) is 7.25. The zero-order chi connectivity index (χ0) is 19.1. The summed E-state index contributed by atoms with van der Waals surface area (Å²) < 4.78 is 7.84. The van der Waals surface area contributed by atoms with E-state index in [9.17, 15) is 0 Å². The molecule has 0 atom stereocenters. The molecule has 1 aliphatic heterocycles. The first-order valence-corrected chi connectivity index (χ1v) is 9.38. The topological polar surface area (TPSA) is 98.9 Å². The Labute approximate surface area is 162 Å². The molecule has 2 N–H and O–H groups in total. The van der Waals surface area contributed by atoms with Crippen LogP contribution in [0.3, 0.4) is 0 Å². The van der Waals surface area contributed by atoms with Crippen molar-refractivity contribution in [1.82, 2.24) is 29.6 Å². The van der Waals surface area contributed by atoms with Crippen LogP contribution in [0.4, 0.5) is 5.82 Å². The SMILES string of the molecule is CN1CCC(n2cc(-c3cnc(N)c(-c4nc5cccnc5o4)c3)cn2)CC1. The first-order chi connectivity index (χ1) is 13.7. The molecule has 8 heteroatoms. The molecular formula is C20H21N7O. The summed E-state index contributed by atoms with van der Waals surface area (Å²) in [4.78, 5) is 15.4. The molecule has 8 nitrogen and oxygen atoms in total. The van der Waals surface area contributed by atoms with E-state index < -0.39 is 0 Å². The van der Waals surface area contributed by atoms with Crippen LogP contribution >= 0.6 is 0 Å². The molecule has 0 radical (unpaired) electrons. The number of hydrogen-bond acceptors (Lipinski definition) is 7. The Morgan fingerprint density at radius 3 is 2.82 bits per heavy atom. The van der Waals surface area contributed by atoms with Gasteiger partial charge in [-0.2, -0.15) is 5.10 Å². The maximum atomic E-state index is 6.10. The second-order valence-corrected chi connectivity index (χ2v) is 7.25. The highest BCUT2D eigenvalue weighted by atomic mass is 16.4. The summed E-state index contributed by atoms with van der Waals surface area (Å²) in [6, 6.07) is 6.07. The molecule has 1 aliphatic rings. The van der Waals surface area contributed by atoms with Crippen molar-refractivity contribution in [2.24, 2.45) is 0 Å². The summed E-state index contributed by atoms with van der Waals surface area (Å²) in [5.74, 6) is 0.793. The first-order valence-electron chi connectivity index (χ1n) is 9.38. The molecule has 4 aromatic heterocycles. The molecule has 0 unspecified atom stereocenters. The van der Waals surface area contributed by atoms with Gasteiger partial charge in [0.25, 0.3) is 0 Å². The molecule has 0 aromatic carbocycles. The average molecular weight is 375 g/mol. The van der Waals surface area contributed by atoms with Crippen molar-refractivity contribution in [2.75, 3.05) is 25.9 Å². The number of rotatable bonds is 3. The van der Waals surface area contributed by atoms with Gasteiger partial charge in [0.15, 0.2) is 0 Å². The quantitative estimate of drug-likeness (QED) is 0.587. The molecule has 5 rings (SSSR count). The Kier molecular flexibility index (Phi) is 4.05. The van der Waals surface area contributed by atoms with Crippen LogP contribution in [0.2, 0.25) is 0 Å². The average Bonchev–Trinajstić information content (AvgIpc) is 3.36. The number of likely N-dealkylation sites (tertiary alicyclic amines) is 1. The molecule has 0 amide bonds. The fourth-order valence-electron chi connectivity index (χ4n) is 3.64. The molecule has 4 aromatic rings. The lowest BCUT2D eigenvalue weighted by atomic mass is 10.1. The predicted molar refractivity (Wildman–Crippen MR) is 106 cm³/mol. The molecule has 1 fully saturated rings. The van der Waals surface area contributed by atoms with E-state index in [1.165, 1.54) is 0 Å². The van der Waals surface area contributed by atoms with Crippen LogP contribution in [-0.4, -0.2) is 49.8 Å². The summed E-state index contributed by atoms with van der Waals surface area (Å²) in [7, 11) is 2.16. The van der Waals surface area contributed by atoms with Crippen LogP contribution in [0.5, 0.6) is 0 Å². The first kappa shape index (κ1) is 16.9. The van der Waals surface area contributed by atoms with Gasteiger partial charge in [0.2, 0.25) is 11.6 Å². The Morgan fingerprint density at radius 2 is 2.00 bits per heavy atom. The van der Waals surface area contributed by atoms with E-state index in [-0.39, 0.29) is 0 Å². The van der Waals surface area contributed by atoms with Crippen LogP contribution in [0.1, 0.15) is 18.9 Å². The van der Waals surface area contributed by atoms with Gasteiger partial charge in [0, 0.05) is 29.7 Å². The third-order valence-electron chi connectivity index (χ3n) is 5.31. The molecule has 0 bridgehead atoms. The zero-order valence-corrected chi connectivity index (χ0v) is 15.6. The third-order valence-corrected chi connectivity index (χ3v) is 5.31. The van der Waals surface area contributed by atoms with E-state index in [1.807, 2.05) is 24.4 Å². The highest BCUT2D eigenvalue weighted by Crippen LogP contribution is 2.31. The third kappa shape index (κ3) is 3.01. The molecular weight excluding hydrogens is 354 g/mol. The maximum absolute atomic E-state index is 6.10. The Bertz CT molecular complexity index is 1090. The number of nitrogens with two attached hydrogens (primary N) is 1. The molecule has 0 saturated carbocycles. The smallest absolute Gasteiger partial charge is 0.247 e. The highest BCUT2D eigenvalue weighted by molar-refractivity contribution is 5.79. The van der Waals surface area contributed by atoms with Gasteiger partial charge in [0.05, 0.1) is 17.8 Å². The van der Waals surface area contributed by atoms with Crippen LogP contribution < -0.4 is 5.73 Å². The number of hydrogen-bond donors (Lipinski definition) is 1. The van der Waals surface area contributed by atoms with Crippen molar-refractivity contribution in [3.05, 3.63) is 43.0 Å². The van der Waals surface area contributed by atoms with Crippen molar-refractivity contribution in [2.45, 2.75) is 18.9 Å². The van der Waals surface area contributed by atoms with Crippen molar-refractivity contribution in [3.63, 3.8) is 0 Å². The second kappa shape index (κ2) is 6.72. The minimum absolute atomic E-state index is 0.373. The van der Waals surface area contributed by atoms with Gasteiger partial charge in [-0.25, -0.2) is 15.0 Å². The van der Waals surface area contributed by atoms with Gasteiger partial charge in [-0.05, 0) is 51.2 Å². The summed E-state index contributed by atoms with van der Waals surface area (Å²) in [6.45, 7) is 2.19. The number of piperidine rings is 1. The molecule has 28 heavy (non-hydrogen) atoms. The lowest BCUT2D eigenvalue weighted by molar-refractivity contribution is 0.212. The molecule has 142 valence electrons. The van der Waals surface area contributed by atoms with Crippen molar-refractivity contribution < 1.29 is 4.42 Å². The minimum atomic E-state index is 0.373. The number of nitrogens with zero attached hydrogens (tertiary/aromatic N) is 6. The van der Waals surface area contributed by atoms with Crippen LogP contribution in [0.15, 0.2) is 47.4 Å². The molecule has 5 heterocycles. The lowest BCUT2D eigenvalue weighted by Gasteiger charge is -2.28. The highest BCUT2D eigenvalue weighted by Gasteiger charge is 2.20. The van der Waals surface area contributed by atoms with E-state index in [4.69, 9.17) is 10.2 Å². The van der Waals surface area contributed by atoms with Gasteiger partial charge in [-0.15, -0.1) is 0 Å². The van der Waals surface area contributed by atoms with Crippen LogP contribution in [-0.2, 0) is 0 Å². The van der Waals surface area contributed by atoms with Crippen LogP contribution in [0.25, 0.3) is 33.8 Å². The summed E-state index contributed by atoms with van der Waals surface area (Å²) in [5, 5.41) is 4.59. The number of oxazole rings is 1. The van der Waals surface area contributed by atoms with E-state index in [0.717, 1.165) is 37.1 Å². The number of aromatic nitrogens is 5. The summed E-state index contributed by atoms with van der Waals surface area (Å²) >= 11 is 0. The summed E-state index contributed by atoms with van der Waals surface area (Å²) in [6.07, 6.45) is 9.61. The number of fused-ring (bicyclic) bond motifs is 1. The lowest BCUT2D eigenvalue weighted by Crippen LogP contribution is -2.31. The predicted octanol–water partition coefficient (Wildman–Crippen LogP) is 3.00. The standard InChI is InChI=1S/C20H21N7O/c1-26-7-4-15(5-8-26)27-12-14(11-24-27)13-9-16(18(21)23-10-13)19-25-17-3-2-6-22-20(17)28-19/h2-3,6,9-12,15H,4-5,7-8H2,1H3,(H2,21,23). The fourth-order valence-corrected chi connectivity index (χ4v) is 3.64. The van der Waals surface area contributed by atoms with E-state index in [0.29, 0.717) is 34.5 Å². The zero-order valence-electron chi connectivity index (χ0n) is 15.6. The van der Waals surface area contributed by atoms with E-state index in [2.05, 4.69) is 42.9 Å². The molecule has 0 aliphatic carbocycles. The van der Waals surface area contributed by atoms with Crippen molar-refractivity contribution in [1.29, 1.82) is 0 Å². The molecule has 0 spiro atoms. The van der Waals surface area contributed by atoms with Crippen LogP contribution in [0, 0.1) is 0 Å². The van der Waals surface area contributed by atoms with Gasteiger partial charge < -0.3 is 15.1 Å². The monoisotopic (exact) mass is 375 g/mol. The van der Waals surface area contributed by atoms with Crippen molar-refractivity contribution >= 4 is 17.0 Å². The number of anilines is 1. The van der Waals surface area contributed by atoms with E-state index in [1.54, 1.807) is 12.4 Å². The Hall–Kier alpha value is -3.26. The molecule has 1 saturated heterocycles. The van der Waals surface area contributed by atoms with Crippen molar-refractivity contribution in [3.8, 4) is 22.6 Å². The normalized spacial score (nSPS) is 16.0. The Morgan fingerprint density at radius 1 is 1.14 bits per heavy atom. The number of pyridine rings is 2. The maximum Gasteiger partial charge on any atom is 0.247 e. The fraction of sp³-hybridized carbons (Fsp3) is 0.300. The minimum Gasteiger partial charge on any atom is -0.418 e. The van der Waals surface area contributed by atoms with Gasteiger partial charge in [-0.3, -0.25) is 4.68 Å². The van der Waals surface area contributed by atoms with Gasteiger partial charge in [0.1, 0.15) is 11.3 Å². The van der Waals surface area contributed by atoms with Gasteiger partial charge >= 0.3 is 0 Å². The van der Waals surface area contributed by atoms with Gasteiger partial charge in [-0.1, -0.05) is 0 Å². The Balaban J connectivity index is 1.47. The van der Waals surface area contributed by atoms with E-state index >= 15 is 0 Å².